The zero-order valence-corrected chi connectivity index (χ0v) is 15.3. The Morgan fingerprint density at radius 2 is 1.67 bits per heavy atom. The molecule has 0 aliphatic rings. The molecule has 3 aromatic rings. The van der Waals surface area contributed by atoms with Crippen LogP contribution in [0.1, 0.15) is 26.5 Å². The zero-order chi connectivity index (χ0) is 17.6. The molecule has 0 aliphatic heterocycles. The number of aryl methyl sites for hydroxylation is 1. The minimum Gasteiger partial charge on any atom is -0.440 e. The molecule has 0 bridgehead atoms. The Balaban J connectivity index is 2.44. The number of hydrogen-bond donors (Lipinski definition) is 1. The Hall–Kier alpha value is -1.91. The van der Waals surface area contributed by atoms with Crippen LogP contribution in [-0.2, 0) is 0 Å². The van der Waals surface area contributed by atoms with Crippen molar-refractivity contribution in [3.8, 4) is 11.1 Å². The van der Waals surface area contributed by atoms with E-state index in [1.807, 2.05) is 20.8 Å². The molecule has 0 spiro atoms. The molecule has 4 nitrogen and oxygen atoms in total. The molecule has 0 aliphatic carbocycles. The summed E-state index contributed by atoms with van der Waals surface area (Å²) in [5.74, 6) is 0.908. The van der Waals surface area contributed by atoms with Crippen molar-refractivity contribution in [3.63, 3.8) is 0 Å². The van der Waals surface area contributed by atoms with Crippen LogP contribution in [0, 0.1) is 6.92 Å². The largest absolute Gasteiger partial charge is 0.440 e. The molecule has 3 rings (SSSR count). The third-order valence-electron chi connectivity index (χ3n) is 3.43. The second-order valence-corrected chi connectivity index (χ2v) is 7.48. The van der Waals surface area contributed by atoms with Crippen LogP contribution >= 0.6 is 23.2 Å². The first-order valence-corrected chi connectivity index (χ1v) is 8.23. The van der Waals surface area contributed by atoms with Crippen molar-refractivity contribution in [1.29, 1.82) is 0 Å². The average Bonchev–Trinajstić information content (AvgIpc) is 2.74. The van der Waals surface area contributed by atoms with Gasteiger partial charge in [-0.2, -0.15) is 0 Å². The Bertz CT molecular complexity index is 960. The third-order valence-corrected chi connectivity index (χ3v) is 4.06. The van der Waals surface area contributed by atoms with Crippen LogP contribution in [0.25, 0.3) is 22.1 Å². The van der Waals surface area contributed by atoms with Gasteiger partial charge in [0.2, 0.25) is 5.88 Å². The van der Waals surface area contributed by atoms with E-state index in [2.05, 4.69) is 5.32 Å². The molecule has 0 saturated heterocycles. The van der Waals surface area contributed by atoms with Crippen molar-refractivity contribution < 1.29 is 8.83 Å². The number of anilines is 1. The molecule has 1 aromatic carbocycles. The highest BCUT2D eigenvalue weighted by molar-refractivity contribution is 6.40. The van der Waals surface area contributed by atoms with Crippen molar-refractivity contribution in [3.05, 3.63) is 50.5 Å². The van der Waals surface area contributed by atoms with Crippen molar-refractivity contribution in [2.45, 2.75) is 33.2 Å². The number of halogens is 2. The average molecular weight is 366 g/mol. The van der Waals surface area contributed by atoms with Gasteiger partial charge in [0.15, 0.2) is 0 Å². The molecule has 2 heterocycles. The molecule has 0 radical (unpaired) electrons. The molecule has 1 N–H and O–H groups in total. The molecule has 2 aromatic heterocycles. The minimum absolute atomic E-state index is 0.286. The van der Waals surface area contributed by atoms with Gasteiger partial charge in [-0.05, 0) is 39.8 Å². The van der Waals surface area contributed by atoms with E-state index in [0.717, 1.165) is 0 Å². The van der Waals surface area contributed by atoms with Gasteiger partial charge in [-0.1, -0.05) is 29.3 Å². The Kier molecular flexibility index (Phi) is 4.14. The maximum Gasteiger partial charge on any atom is 0.347 e. The number of nitrogens with one attached hydrogen (secondary N) is 1. The molecular formula is C18H17Cl2NO3. The number of fused-ring (bicyclic) bond motifs is 1. The normalized spacial score (nSPS) is 11.9. The monoisotopic (exact) mass is 365 g/mol. The van der Waals surface area contributed by atoms with Gasteiger partial charge in [0.1, 0.15) is 16.7 Å². The summed E-state index contributed by atoms with van der Waals surface area (Å²) in [6.07, 6.45) is 0. The molecule has 0 atom stereocenters. The summed E-state index contributed by atoms with van der Waals surface area (Å²) in [4.78, 5) is 12.5. The summed E-state index contributed by atoms with van der Waals surface area (Å²) in [6.45, 7) is 7.67. The summed E-state index contributed by atoms with van der Waals surface area (Å²) in [7, 11) is 0. The first kappa shape index (κ1) is 16.9. The van der Waals surface area contributed by atoms with Crippen LogP contribution < -0.4 is 10.9 Å². The van der Waals surface area contributed by atoms with Gasteiger partial charge in [0.05, 0.1) is 15.6 Å². The van der Waals surface area contributed by atoms with E-state index >= 15 is 0 Å². The van der Waals surface area contributed by atoms with Crippen LogP contribution in [0.2, 0.25) is 10.0 Å². The van der Waals surface area contributed by atoms with Crippen LogP contribution in [0.5, 0.6) is 0 Å². The molecular weight excluding hydrogens is 349 g/mol. The lowest BCUT2D eigenvalue weighted by Gasteiger charge is -2.21. The number of furan rings is 1. The predicted octanol–water partition coefficient (Wildman–Crippen LogP) is 5.88. The van der Waals surface area contributed by atoms with E-state index in [4.69, 9.17) is 32.0 Å². The number of rotatable bonds is 2. The lowest BCUT2D eigenvalue weighted by atomic mass is 10.0. The summed E-state index contributed by atoms with van der Waals surface area (Å²) >= 11 is 12.7. The lowest BCUT2D eigenvalue weighted by molar-refractivity contribution is 0.485. The van der Waals surface area contributed by atoms with Gasteiger partial charge in [-0.3, -0.25) is 0 Å². The number of benzene rings is 1. The van der Waals surface area contributed by atoms with Gasteiger partial charge in [0.25, 0.3) is 0 Å². The smallest absolute Gasteiger partial charge is 0.347 e. The van der Waals surface area contributed by atoms with E-state index in [1.165, 1.54) is 0 Å². The second-order valence-electron chi connectivity index (χ2n) is 6.66. The van der Waals surface area contributed by atoms with Crippen molar-refractivity contribution in [2.24, 2.45) is 0 Å². The molecule has 0 unspecified atom stereocenters. The van der Waals surface area contributed by atoms with Crippen LogP contribution in [0.4, 0.5) is 5.88 Å². The Labute approximate surface area is 149 Å². The van der Waals surface area contributed by atoms with E-state index in [1.54, 1.807) is 31.2 Å². The van der Waals surface area contributed by atoms with Gasteiger partial charge in [-0.15, -0.1) is 0 Å². The van der Waals surface area contributed by atoms with Gasteiger partial charge < -0.3 is 14.2 Å². The van der Waals surface area contributed by atoms with Crippen molar-refractivity contribution in [1.82, 2.24) is 0 Å². The molecule has 126 valence electrons. The van der Waals surface area contributed by atoms with Crippen LogP contribution in [0.3, 0.4) is 0 Å². The molecule has 0 saturated carbocycles. The Morgan fingerprint density at radius 1 is 1.04 bits per heavy atom. The summed E-state index contributed by atoms with van der Waals surface area (Å²) in [5, 5.41) is 4.46. The molecule has 24 heavy (non-hydrogen) atoms. The second kappa shape index (κ2) is 5.87. The summed E-state index contributed by atoms with van der Waals surface area (Å²) in [6, 6.07) is 6.87. The predicted molar refractivity (Wildman–Crippen MR) is 98.3 cm³/mol. The van der Waals surface area contributed by atoms with Crippen molar-refractivity contribution >= 4 is 40.1 Å². The summed E-state index contributed by atoms with van der Waals surface area (Å²) in [5.41, 5.74) is 0.723. The van der Waals surface area contributed by atoms with Gasteiger partial charge in [-0.25, -0.2) is 4.79 Å². The highest BCUT2D eigenvalue weighted by atomic mass is 35.5. The fourth-order valence-corrected chi connectivity index (χ4v) is 3.15. The summed E-state index contributed by atoms with van der Waals surface area (Å²) < 4.78 is 11.2. The van der Waals surface area contributed by atoms with E-state index < -0.39 is 5.63 Å². The van der Waals surface area contributed by atoms with E-state index in [0.29, 0.717) is 43.8 Å². The van der Waals surface area contributed by atoms with E-state index in [9.17, 15) is 4.79 Å². The van der Waals surface area contributed by atoms with E-state index in [-0.39, 0.29) is 5.54 Å². The highest BCUT2D eigenvalue weighted by Crippen LogP contribution is 2.44. The first-order chi connectivity index (χ1) is 11.2. The van der Waals surface area contributed by atoms with Crippen molar-refractivity contribution in [2.75, 3.05) is 5.32 Å². The molecule has 0 fully saturated rings. The van der Waals surface area contributed by atoms with Gasteiger partial charge in [0, 0.05) is 17.2 Å². The minimum atomic E-state index is -0.485. The fourth-order valence-electron chi connectivity index (χ4n) is 2.57. The SMILES string of the molecule is Cc1cc2oc(NC(C)(C)C)c(-c3c(Cl)cccc3Cl)c2c(=O)o1. The van der Waals surface area contributed by atoms with Crippen LogP contribution in [0.15, 0.2) is 37.9 Å². The Morgan fingerprint density at radius 3 is 2.25 bits per heavy atom. The highest BCUT2D eigenvalue weighted by Gasteiger charge is 2.26. The quantitative estimate of drug-likeness (QED) is 0.615. The third kappa shape index (κ3) is 3.04. The van der Waals surface area contributed by atoms with Gasteiger partial charge >= 0.3 is 5.63 Å². The molecule has 0 amide bonds. The standard InChI is InChI=1S/C18H17Cl2NO3/c1-9-8-12-14(17(22)23-9)15(16(24-12)21-18(2,3)4)13-10(19)6-5-7-11(13)20/h5-8,21H,1-4H3. The fraction of sp³-hybridized carbons (Fsp3) is 0.278. The maximum absolute atomic E-state index is 12.5. The van der Waals surface area contributed by atoms with Crippen LogP contribution in [-0.4, -0.2) is 5.54 Å². The first-order valence-electron chi connectivity index (χ1n) is 7.47. The zero-order valence-electron chi connectivity index (χ0n) is 13.8. The number of hydrogen-bond acceptors (Lipinski definition) is 4. The lowest BCUT2D eigenvalue weighted by Crippen LogP contribution is -2.26. The topological polar surface area (TPSA) is 55.4 Å². The maximum atomic E-state index is 12.5. The molecule has 6 heteroatoms.